The molecule has 0 spiro atoms. The van der Waals surface area contributed by atoms with Crippen molar-refractivity contribution < 1.29 is 4.79 Å². The molecule has 2 aliphatic heterocycles. The van der Waals surface area contributed by atoms with Crippen molar-refractivity contribution in [3.63, 3.8) is 0 Å². The predicted molar refractivity (Wildman–Crippen MR) is 122 cm³/mol. The fraction of sp³-hybridized carbons (Fsp3) is 0.522. The Morgan fingerprint density at radius 3 is 2.48 bits per heavy atom. The number of carbonyl (C=O) groups is 1. The maximum atomic E-state index is 12.4. The lowest BCUT2D eigenvalue weighted by molar-refractivity contribution is -0.131. The topological polar surface area (TPSA) is 69.0 Å². The molecule has 2 aromatic rings. The molecule has 0 aliphatic carbocycles. The van der Waals surface area contributed by atoms with Crippen molar-refractivity contribution in [2.75, 3.05) is 52.9 Å². The zero-order valence-electron chi connectivity index (χ0n) is 18.4. The highest BCUT2D eigenvalue weighted by atomic mass is 16.2. The van der Waals surface area contributed by atoms with Gasteiger partial charge in [-0.15, -0.1) is 0 Å². The number of guanidine groups is 1. The van der Waals surface area contributed by atoms with Gasteiger partial charge < -0.3 is 19.7 Å². The van der Waals surface area contributed by atoms with E-state index in [-0.39, 0.29) is 5.91 Å². The van der Waals surface area contributed by atoms with E-state index in [4.69, 9.17) is 0 Å². The maximum Gasteiger partial charge on any atom is 0.236 e. The lowest BCUT2D eigenvalue weighted by atomic mass is 10.2. The summed E-state index contributed by atoms with van der Waals surface area (Å²) < 4.78 is 2.16. The highest BCUT2D eigenvalue weighted by molar-refractivity contribution is 5.80. The lowest BCUT2D eigenvalue weighted by Gasteiger charge is -2.36. The van der Waals surface area contributed by atoms with Crippen LogP contribution in [0.1, 0.15) is 24.2 Å². The van der Waals surface area contributed by atoms with E-state index < -0.39 is 0 Å². The third-order valence-corrected chi connectivity index (χ3v) is 6.10. The van der Waals surface area contributed by atoms with Crippen molar-refractivity contribution in [2.45, 2.75) is 25.9 Å². The van der Waals surface area contributed by atoms with Crippen LogP contribution in [0.3, 0.4) is 0 Å². The zero-order valence-corrected chi connectivity index (χ0v) is 18.4. The Hall–Kier alpha value is -2.87. The number of amides is 1. The summed E-state index contributed by atoms with van der Waals surface area (Å²) in [6.07, 6.45) is 6.15. The number of carbonyl (C=O) groups excluding carboxylic acids is 1. The van der Waals surface area contributed by atoms with E-state index in [1.807, 2.05) is 30.4 Å². The Balaban J connectivity index is 1.25. The second-order valence-corrected chi connectivity index (χ2v) is 8.21. The molecule has 2 saturated heterocycles. The molecule has 0 bridgehead atoms. The first-order chi connectivity index (χ1) is 15.2. The van der Waals surface area contributed by atoms with Gasteiger partial charge in [-0.2, -0.15) is 0 Å². The van der Waals surface area contributed by atoms with Crippen LogP contribution in [0.25, 0.3) is 0 Å². The molecule has 3 heterocycles. The van der Waals surface area contributed by atoms with E-state index in [1.165, 1.54) is 5.56 Å². The first-order valence-corrected chi connectivity index (χ1v) is 11.2. The van der Waals surface area contributed by atoms with Gasteiger partial charge in [-0.25, -0.2) is 4.98 Å². The Morgan fingerprint density at radius 2 is 1.77 bits per heavy atom. The number of piperazine rings is 1. The van der Waals surface area contributed by atoms with Gasteiger partial charge in [-0.3, -0.25) is 14.7 Å². The minimum absolute atomic E-state index is 0.277. The summed E-state index contributed by atoms with van der Waals surface area (Å²) in [4.78, 5) is 27.9. The summed E-state index contributed by atoms with van der Waals surface area (Å²) in [5, 5.41) is 3.47. The van der Waals surface area contributed by atoms with E-state index in [0.29, 0.717) is 13.1 Å². The van der Waals surface area contributed by atoms with Crippen molar-refractivity contribution in [1.29, 1.82) is 0 Å². The zero-order chi connectivity index (χ0) is 21.5. The Bertz CT molecular complexity index is 865. The molecule has 0 unspecified atom stereocenters. The van der Waals surface area contributed by atoms with Gasteiger partial charge in [0.25, 0.3) is 0 Å². The van der Waals surface area contributed by atoms with Crippen LogP contribution in [0.4, 0.5) is 0 Å². The molecule has 0 saturated carbocycles. The SMILES string of the molecule is CN=C(NCc1nccn1Cc1ccccc1)N1CCN(CC(=O)N2CCCC2)CC1. The number of rotatable bonds is 6. The van der Waals surface area contributed by atoms with Crippen LogP contribution in [0.15, 0.2) is 47.7 Å². The molecule has 2 aliphatic rings. The summed E-state index contributed by atoms with van der Waals surface area (Å²) >= 11 is 0. The summed E-state index contributed by atoms with van der Waals surface area (Å²) in [6.45, 7) is 7.31. The van der Waals surface area contributed by atoms with E-state index in [1.54, 1.807) is 0 Å². The fourth-order valence-electron chi connectivity index (χ4n) is 4.30. The third kappa shape index (κ3) is 5.64. The number of nitrogens with one attached hydrogen (secondary N) is 1. The van der Waals surface area contributed by atoms with Crippen LogP contribution >= 0.6 is 0 Å². The molecule has 166 valence electrons. The first kappa shape index (κ1) is 21.4. The molecule has 1 aromatic heterocycles. The molecular weight excluding hydrogens is 390 g/mol. The number of likely N-dealkylation sites (tertiary alicyclic amines) is 1. The van der Waals surface area contributed by atoms with Gasteiger partial charge in [-0.1, -0.05) is 30.3 Å². The largest absolute Gasteiger partial charge is 0.349 e. The van der Waals surface area contributed by atoms with Gasteiger partial charge >= 0.3 is 0 Å². The normalized spacial score (nSPS) is 17.9. The highest BCUT2D eigenvalue weighted by Crippen LogP contribution is 2.10. The van der Waals surface area contributed by atoms with E-state index in [2.05, 4.69) is 53.9 Å². The summed E-state index contributed by atoms with van der Waals surface area (Å²) in [7, 11) is 1.82. The number of imidazole rings is 1. The number of hydrogen-bond donors (Lipinski definition) is 1. The average Bonchev–Trinajstić information content (AvgIpc) is 3.49. The Morgan fingerprint density at radius 1 is 1.03 bits per heavy atom. The van der Waals surface area contributed by atoms with Crippen LogP contribution in [-0.2, 0) is 17.9 Å². The van der Waals surface area contributed by atoms with E-state index in [9.17, 15) is 4.79 Å². The van der Waals surface area contributed by atoms with E-state index in [0.717, 1.165) is 70.4 Å². The second-order valence-electron chi connectivity index (χ2n) is 8.21. The smallest absolute Gasteiger partial charge is 0.236 e. The Kier molecular flexibility index (Phi) is 7.19. The minimum Gasteiger partial charge on any atom is -0.349 e. The molecule has 1 amide bonds. The number of hydrogen-bond acceptors (Lipinski definition) is 4. The first-order valence-electron chi connectivity index (χ1n) is 11.2. The standard InChI is InChI=1S/C23H33N7O/c1-24-23(26-17-21-25-9-12-30(21)18-20-7-3-2-4-8-20)29-15-13-27(14-16-29)19-22(31)28-10-5-6-11-28/h2-4,7-9,12H,5-6,10-11,13-19H2,1H3,(H,24,26). The summed E-state index contributed by atoms with van der Waals surface area (Å²) in [6, 6.07) is 10.4. The van der Waals surface area contributed by atoms with Gasteiger partial charge in [0, 0.05) is 65.3 Å². The van der Waals surface area contributed by atoms with Crippen molar-refractivity contribution >= 4 is 11.9 Å². The van der Waals surface area contributed by atoms with Crippen molar-refractivity contribution in [3.05, 3.63) is 54.1 Å². The molecule has 8 nitrogen and oxygen atoms in total. The quantitative estimate of drug-likeness (QED) is 0.559. The fourth-order valence-corrected chi connectivity index (χ4v) is 4.30. The van der Waals surface area contributed by atoms with E-state index >= 15 is 0 Å². The van der Waals surface area contributed by atoms with Crippen molar-refractivity contribution in [1.82, 2.24) is 29.6 Å². The van der Waals surface area contributed by atoms with Crippen LogP contribution in [0, 0.1) is 0 Å². The van der Waals surface area contributed by atoms with Gasteiger partial charge in [0.05, 0.1) is 13.1 Å². The molecule has 4 rings (SSSR count). The summed E-state index contributed by atoms with van der Waals surface area (Å²) in [5.41, 5.74) is 1.26. The lowest BCUT2D eigenvalue weighted by Crippen LogP contribution is -2.54. The number of nitrogens with zero attached hydrogens (tertiary/aromatic N) is 6. The minimum atomic E-state index is 0.277. The van der Waals surface area contributed by atoms with Gasteiger partial charge in [-0.05, 0) is 18.4 Å². The maximum absolute atomic E-state index is 12.4. The van der Waals surface area contributed by atoms with Gasteiger partial charge in [0.2, 0.25) is 5.91 Å². The number of aliphatic imine (C=N–C) groups is 1. The number of aromatic nitrogens is 2. The van der Waals surface area contributed by atoms with Crippen molar-refractivity contribution in [3.8, 4) is 0 Å². The van der Waals surface area contributed by atoms with Crippen LogP contribution < -0.4 is 5.32 Å². The van der Waals surface area contributed by atoms with Crippen LogP contribution in [-0.4, -0.2) is 89.0 Å². The molecule has 1 aromatic carbocycles. The summed E-state index contributed by atoms with van der Waals surface area (Å²) in [5.74, 6) is 2.15. The van der Waals surface area contributed by atoms with Gasteiger partial charge in [0.1, 0.15) is 5.82 Å². The molecule has 8 heteroatoms. The molecule has 31 heavy (non-hydrogen) atoms. The van der Waals surface area contributed by atoms with Crippen LogP contribution in [0.2, 0.25) is 0 Å². The number of benzene rings is 1. The monoisotopic (exact) mass is 423 g/mol. The van der Waals surface area contributed by atoms with Crippen LogP contribution in [0.5, 0.6) is 0 Å². The highest BCUT2D eigenvalue weighted by Gasteiger charge is 2.24. The molecule has 0 atom stereocenters. The molecule has 2 fully saturated rings. The van der Waals surface area contributed by atoms with Crippen molar-refractivity contribution in [2.24, 2.45) is 4.99 Å². The second kappa shape index (κ2) is 10.4. The molecule has 0 radical (unpaired) electrons. The average molecular weight is 424 g/mol. The van der Waals surface area contributed by atoms with Gasteiger partial charge in [0.15, 0.2) is 5.96 Å². The molecular formula is C23H33N7O. The molecule has 1 N–H and O–H groups in total. The Labute approximate surface area is 184 Å². The third-order valence-electron chi connectivity index (χ3n) is 6.10. The predicted octanol–water partition coefficient (Wildman–Crippen LogP) is 1.25.